The molecule has 0 unspecified atom stereocenters. The van der Waals surface area contributed by atoms with Crippen molar-refractivity contribution >= 4 is 0 Å². The molecule has 44 heavy (non-hydrogen) atoms. The van der Waals surface area contributed by atoms with Crippen LogP contribution in [0.2, 0.25) is 0 Å². The first-order valence-corrected chi connectivity index (χ1v) is 15.9. The number of benzene rings is 2. The van der Waals surface area contributed by atoms with Crippen molar-refractivity contribution in [3.63, 3.8) is 0 Å². The number of unbranched alkanes of at least 4 members (excludes halogenated alkanes) is 1. The van der Waals surface area contributed by atoms with Gasteiger partial charge in [-0.2, -0.15) is 13.2 Å². The first kappa shape index (κ1) is 36.4. The Balaban J connectivity index is 0.000000244. The van der Waals surface area contributed by atoms with Crippen LogP contribution in [0.4, 0.5) is 17.6 Å². The summed E-state index contributed by atoms with van der Waals surface area (Å²) in [6.45, 7) is 5.52. The summed E-state index contributed by atoms with van der Waals surface area (Å²) in [4.78, 5) is 0. The molecule has 0 aromatic heterocycles. The molecule has 2 saturated heterocycles. The SMILES string of the molecule is COCCCC[C@@](O)(c1cccc(C(F)(F)F)c1)[C@@H]1CCCNC1.COCCCO[C@@H](c1ccc(F)cc1)[C@@H]1CCCNC1. The van der Waals surface area contributed by atoms with Crippen LogP contribution in [-0.2, 0) is 26.0 Å². The zero-order valence-corrected chi connectivity index (χ0v) is 26.1. The van der Waals surface area contributed by atoms with Crippen molar-refractivity contribution in [3.05, 3.63) is 71.0 Å². The molecule has 10 heteroatoms. The minimum Gasteiger partial charge on any atom is -0.385 e. The van der Waals surface area contributed by atoms with Crippen LogP contribution in [0.5, 0.6) is 0 Å². The summed E-state index contributed by atoms with van der Waals surface area (Å²) in [6, 6.07) is 11.8. The number of nitrogens with one attached hydrogen (secondary N) is 2. The standard InChI is InChI=1S/C18H26F3NO2.C16H24FNO2/c1-24-11-3-2-9-17(23,16-8-5-10-22-13-16)14-6-4-7-15(12-14)18(19,20)21;1-19-10-3-11-20-16(14-4-2-9-18-12-14)13-5-7-15(17)8-6-13/h4,6-7,12,16,22-23H,2-3,5,8-11,13H2,1H3;5-8,14,16,18H,2-4,9-12H2,1H3/t16-,17-;14-,16+/m11/s1. The van der Waals surface area contributed by atoms with Gasteiger partial charge in [0.2, 0.25) is 0 Å². The Morgan fingerprint density at radius 2 is 1.50 bits per heavy atom. The highest BCUT2D eigenvalue weighted by Crippen LogP contribution is 2.40. The predicted octanol–water partition coefficient (Wildman–Crippen LogP) is 6.63. The van der Waals surface area contributed by atoms with E-state index in [-0.39, 0.29) is 17.8 Å². The van der Waals surface area contributed by atoms with Crippen LogP contribution in [0, 0.1) is 17.7 Å². The third kappa shape index (κ3) is 11.4. The molecule has 0 saturated carbocycles. The Labute approximate surface area is 259 Å². The third-order valence-electron chi connectivity index (χ3n) is 8.57. The predicted molar refractivity (Wildman–Crippen MR) is 164 cm³/mol. The molecule has 0 bridgehead atoms. The topological polar surface area (TPSA) is 72.0 Å². The van der Waals surface area contributed by atoms with Gasteiger partial charge in [-0.25, -0.2) is 4.39 Å². The maximum absolute atomic E-state index is 13.1. The first-order chi connectivity index (χ1) is 21.2. The average Bonchev–Trinajstić information content (AvgIpc) is 3.04. The van der Waals surface area contributed by atoms with Crippen molar-refractivity contribution < 1.29 is 36.9 Å². The lowest BCUT2D eigenvalue weighted by Gasteiger charge is -2.39. The molecule has 248 valence electrons. The maximum atomic E-state index is 13.1. The average molecular weight is 627 g/mol. The lowest BCUT2D eigenvalue weighted by Crippen LogP contribution is -2.44. The molecule has 2 heterocycles. The fourth-order valence-electron chi connectivity index (χ4n) is 6.16. The largest absolute Gasteiger partial charge is 0.416 e. The van der Waals surface area contributed by atoms with E-state index in [9.17, 15) is 22.7 Å². The van der Waals surface area contributed by atoms with Crippen molar-refractivity contribution in [1.82, 2.24) is 10.6 Å². The molecule has 0 spiro atoms. The fourth-order valence-corrected chi connectivity index (χ4v) is 6.16. The summed E-state index contributed by atoms with van der Waals surface area (Å²) >= 11 is 0. The van der Waals surface area contributed by atoms with E-state index in [2.05, 4.69) is 10.6 Å². The van der Waals surface area contributed by atoms with Gasteiger partial charge in [0.05, 0.1) is 17.3 Å². The summed E-state index contributed by atoms with van der Waals surface area (Å²) < 4.78 is 68.3. The van der Waals surface area contributed by atoms with Gasteiger partial charge in [0.1, 0.15) is 5.82 Å². The van der Waals surface area contributed by atoms with Gasteiger partial charge < -0.3 is 30.0 Å². The van der Waals surface area contributed by atoms with Gasteiger partial charge >= 0.3 is 6.18 Å². The Morgan fingerprint density at radius 1 is 0.841 bits per heavy atom. The van der Waals surface area contributed by atoms with Gasteiger partial charge in [0.15, 0.2) is 0 Å². The van der Waals surface area contributed by atoms with Crippen LogP contribution < -0.4 is 10.6 Å². The monoisotopic (exact) mass is 626 g/mol. The third-order valence-corrected chi connectivity index (χ3v) is 8.57. The van der Waals surface area contributed by atoms with Crippen LogP contribution in [-0.4, -0.2) is 65.3 Å². The lowest BCUT2D eigenvalue weighted by atomic mass is 9.74. The number of ether oxygens (including phenoxy) is 3. The number of alkyl halides is 3. The summed E-state index contributed by atoms with van der Waals surface area (Å²) in [5.41, 5.74) is -0.525. The van der Waals surface area contributed by atoms with Crippen LogP contribution >= 0.6 is 0 Å². The van der Waals surface area contributed by atoms with Crippen molar-refractivity contribution in [1.29, 1.82) is 0 Å². The van der Waals surface area contributed by atoms with Crippen molar-refractivity contribution in [3.8, 4) is 0 Å². The molecule has 0 aliphatic carbocycles. The highest BCUT2D eigenvalue weighted by molar-refractivity contribution is 5.31. The van der Waals surface area contributed by atoms with Gasteiger partial charge in [-0.3, -0.25) is 0 Å². The molecular formula is C34H50F4N2O4. The van der Waals surface area contributed by atoms with E-state index in [0.717, 1.165) is 69.4 Å². The second-order valence-electron chi connectivity index (χ2n) is 11.8. The quantitative estimate of drug-likeness (QED) is 0.162. The van der Waals surface area contributed by atoms with E-state index in [1.54, 1.807) is 20.3 Å². The minimum absolute atomic E-state index is 0.0419. The first-order valence-electron chi connectivity index (χ1n) is 15.9. The number of piperidine rings is 2. The van der Waals surface area contributed by atoms with E-state index in [0.29, 0.717) is 50.7 Å². The minimum atomic E-state index is -4.40. The Kier molecular flexibility index (Phi) is 15.5. The molecule has 0 amide bonds. The normalized spacial score (nSPS) is 21.2. The highest BCUT2D eigenvalue weighted by Gasteiger charge is 2.40. The number of halogens is 4. The van der Waals surface area contributed by atoms with Crippen molar-refractivity contribution in [2.75, 3.05) is 60.2 Å². The lowest BCUT2D eigenvalue weighted by molar-refractivity contribution is -0.137. The molecule has 2 aromatic carbocycles. The smallest absolute Gasteiger partial charge is 0.385 e. The Bertz CT molecular complexity index is 1060. The zero-order valence-electron chi connectivity index (χ0n) is 26.1. The number of hydrogen-bond donors (Lipinski definition) is 3. The number of hydrogen-bond acceptors (Lipinski definition) is 6. The summed E-state index contributed by atoms with van der Waals surface area (Å²) in [5, 5.41) is 18.0. The van der Waals surface area contributed by atoms with Crippen LogP contribution in [0.15, 0.2) is 48.5 Å². The summed E-state index contributed by atoms with van der Waals surface area (Å²) in [7, 11) is 3.31. The number of methoxy groups -OCH3 is 2. The van der Waals surface area contributed by atoms with E-state index in [1.165, 1.54) is 24.6 Å². The van der Waals surface area contributed by atoms with Gasteiger partial charge in [-0.15, -0.1) is 0 Å². The van der Waals surface area contributed by atoms with Gasteiger partial charge in [0.25, 0.3) is 0 Å². The Morgan fingerprint density at radius 3 is 2.11 bits per heavy atom. The van der Waals surface area contributed by atoms with E-state index in [1.807, 2.05) is 12.1 Å². The Hall–Kier alpha value is -2.08. The molecule has 4 rings (SSSR count). The fraction of sp³-hybridized carbons (Fsp3) is 0.647. The highest BCUT2D eigenvalue weighted by atomic mass is 19.4. The molecule has 0 radical (unpaired) electrons. The van der Waals surface area contributed by atoms with Crippen molar-refractivity contribution in [2.45, 2.75) is 69.2 Å². The van der Waals surface area contributed by atoms with Gasteiger partial charge in [-0.1, -0.05) is 24.3 Å². The second-order valence-corrected chi connectivity index (χ2v) is 11.8. The molecule has 4 atom stereocenters. The zero-order chi connectivity index (χ0) is 31.8. The van der Waals surface area contributed by atoms with Gasteiger partial charge in [-0.05, 0) is 99.8 Å². The summed E-state index contributed by atoms with van der Waals surface area (Å²) in [5.74, 6) is 0.169. The molecule has 2 aliphatic heterocycles. The van der Waals surface area contributed by atoms with Crippen LogP contribution in [0.25, 0.3) is 0 Å². The maximum Gasteiger partial charge on any atom is 0.416 e. The van der Waals surface area contributed by atoms with E-state index >= 15 is 0 Å². The molecule has 2 fully saturated rings. The number of rotatable bonds is 14. The van der Waals surface area contributed by atoms with Gasteiger partial charge in [0, 0.05) is 59.0 Å². The number of aliphatic hydroxyl groups is 1. The van der Waals surface area contributed by atoms with E-state index in [4.69, 9.17) is 14.2 Å². The van der Waals surface area contributed by atoms with E-state index < -0.39 is 17.3 Å². The van der Waals surface area contributed by atoms with Crippen LogP contribution in [0.3, 0.4) is 0 Å². The molecule has 3 N–H and O–H groups in total. The van der Waals surface area contributed by atoms with Crippen molar-refractivity contribution in [2.24, 2.45) is 11.8 Å². The molecule has 6 nitrogen and oxygen atoms in total. The van der Waals surface area contributed by atoms with Crippen LogP contribution in [0.1, 0.15) is 74.2 Å². The second kappa shape index (κ2) is 18.8. The summed E-state index contributed by atoms with van der Waals surface area (Å²) in [6.07, 6.45) is 2.49. The molecule has 2 aromatic rings. The molecular weight excluding hydrogens is 576 g/mol. The molecule has 2 aliphatic rings.